The monoisotopic (exact) mass is 494 g/mol. The van der Waals surface area contributed by atoms with Crippen LogP contribution in [-0.4, -0.2) is 81.5 Å². The SMILES string of the molecule is O=C(NCC1CN(c2cc(F)c(N3CCON(C(=O)CCCF)CC3)c(F)c2)C(=O)O1)C(F)F. The highest BCUT2D eigenvalue weighted by Crippen LogP contribution is 2.31. The highest BCUT2D eigenvalue weighted by atomic mass is 19.3. The number of anilines is 2. The molecule has 34 heavy (non-hydrogen) atoms. The van der Waals surface area contributed by atoms with E-state index in [1.54, 1.807) is 0 Å². The first-order chi connectivity index (χ1) is 16.2. The molecule has 9 nitrogen and oxygen atoms in total. The molecule has 0 aliphatic carbocycles. The normalized spacial score (nSPS) is 18.8. The second-order valence-corrected chi connectivity index (χ2v) is 7.53. The molecule has 2 aliphatic heterocycles. The standard InChI is InChI=1S/C20H23F5N4O5/c21-3-1-2-16(30)29-5-4-27(6-7-33-29)17-14(22)8-12(9-15(17)23)28-11-13(34-20(28)32)10-26-19(31)18(24)25/h8-9,13,18H,1-7,10-11H2,(H,26,31). The molecule has 14 heteroatoms. The average molecular weight is 494 g/mol. The van der Waals surface area contributed by atoms with Crippen LogP contribution >= 0.6 is 0 Å². The zero-order chi connectivity index (χ0) is 24.8. The predicted octanol–water partition coefficient (Wildman–Crippen LogP) is 2.00. The van der Waals surface area contributed by atoms with Crippen molar-refractivity contribution in [2.45, 2.75) is 25.4 Å². The van der Waals surface area contributed by atoms with Crippen molar-refractivity contribution in [1.82, 2.24) is 10.4 Å². The molecule has 3 rings (SSSR count). The molecule has 1 aromatic carbocycles. The Morgan fingerprint density at radius 1 is 1.15 bits per heavy atom. The lowest BCUT2D eigenvalue weighted by Crippen LogP contribution is -2.37. The summed E-state index contributed by atoms with van der Waals surface area (Å²) in [6, 6.07) is 1.85. The molecule has 2 heterocycles. The van der Waals surface area contributed by atoms with Gasteiger partial charge in [0.15, 0.2) is 11.6 Å². The van der Waals surface area contributed by atoms with E-state index >= 15 is 0 Å². The molecule has 188 valence electrons. The van der Waals surface area contributed by atoms with E-state index < -0.39 is 48.7 Å². The molecular formula is C20H23F5N4O5. The van der Waals surface area contributed by atoms with Crippen LogP contribution in [-0.2, 0) is 19.2 Å². The third-order valence-corrected chi connectivity index (χ3v) is 5.19. The van der Waals surface area contributed by atoms with Crippen LogP contribution < -0.4 is 15.1 Å². The number of hydrogen-bond donors (Lipinski definition) is 1. The van der Waals surface area contributed by atoms with Crippen molar-refractivity contribution in [3.8, 4) is 0 Å². The van der Waals surface area contributed by atoms with Crippen molar-refractivity contribution in [1.29, 1.82) is 0 Å². The Kier molecular flexibility index (Phi) is 8.47. The van der Waals surface area contributed by atoms with E-state index in [9.17, 15) is 36.3 Å². The van der Waals surface area contributed by atoms with Crippen LogP contribution in [0.1, 0.15) is 12.8 Å². The zero-order valence-corrected chi connectivity index (χ0v) is 17.9. The van der Waals surface area contributed by atoms with E-state index in [4.69, 9.17) is 9.57 Å². The van der Waals surface area contributed by atoms with Crippen LogP contribution in [0.25, 0.3) is 0 Å². The summed E-state index contributed by atoms with van der Waals surface area (Å²) >= 11 is 0. The maximum absolute atomic E-state index is 14.9. The van der Waals surface area contributed by atoms with E-state index in [1.807, 2.05) is 5.32 Å². The number of alkyl halides is 3. The molecular weight excluding hydrogens is 471 g/mol. The minimum absolute atomic E-state index is 0.0101. The summed E-state index contributed by atoms with van der Waals surface area (Å²) < 4.78 is 71.6. The Balaban J connectivity index is 1.66. The fourth-order valence-corrected chi connectivity index (χ4v) is 3.55. The minimum atomic E-state index is -3.23. The number of halogens is 5. The largest absolute Gasteiger partial charge is 0.442 e. The molecule has 0 bridgehead atoms. The third-order valence-electron chi connectivity index (χ3n) is 5.19. The lowest BCUT2D eigenvalue weighted by atomic mass is 10.2. The van der Waals surface area contributed by atoms with Crippen LogP contribution in [0.2, 0.25) is 0 Å². The highest BCUT2D eigenvalue weighted by molar-refractivity contribution is 5.90. The van der Waals surface area contributed by atoms with Gasteiger partial charge in [-0.05, 0) is 6.42 Å². The first kappa shape index (κ1) is 25.5. The van der Waals surface area contributed by atoms with Gasteiger partial charge in [-0.25, -0.2) is 18.6 Å². The smallest absolute Gasteiger partial charge is 0.414 e. The first-order valence-corrected chi connectivity index (χ1v) is 10.5. The van der Waals surface area contributed by atoms with Crippen LogP contribution in [0, 0.1) is 11.6 Å². The van der Waals surface area contributed by atoms with E-state index in [0.717, 1.165) is 22.1 Å². The molecule has 1 aromatic rings. The highest BCUT2D eigenvalue weighted by Gasteiger charge is 2.34. The zero-order valence-electron chi connectivity index (χ0n) is 17.9. The lowest BCUT2D eigenvalue weighted by molar-refractivity contribution is -0.182. The Labute approximate surface area is 191 Å². The number of amides is 3. The Bertz CT molecular complexity index is 898. The van der Waals surface area contributed by atoms with Crippen LogP contribution in [0.5, 0.6) is 0 Å². The predicted molar refractivity (Wildman–Crippen MR) is 108 cm³/mol. The van der Waals surface area contributed by atoms with Gasteiger partial charge in [0.1, 0.15) is 11.8 Å². The van der Waals surface area contributed by atoms with Gasteiger partial charge in [-0.1, -0.05) is 0 Å². The van der Waals surface area contributed by atoms with Crippen molar-refractivity contribution in [3.05, 3.63) is 23.8 Å². The molecule has 2 saturated heterocycles. The minimum Gasteiger partial charge on any atom is -0.442 e. The summed E-state index contributed by atoms with van der Waals surface area (Å²) in [6.07, 6.45) is -5.16. The Morgan fingerprint density at radius 3 is 2.50 bits per heavy atom. The van der Waals surface area contributed by atoms with Crippen LogP contribution in [0.4, 0.5) is 38.1 Å². The molecule has 1 unspecified atom stereocenters. The second-order valence-electron chi connectivity index (χ2n) is 7.53. The van der Waals surface area contributed by atoms with E-state index in [2.05, 4.69) is 0 Å². The number of nitrogens with zero attached hydrogens (tertiary/aromatic N) is 3. The number of carbonyl (C=O) groups excluding carboxylic acids is 3. The molecule has 0 aromatic heterocycles. The maximum atomic E-state index is 14.9. The van der Waals surface area contributed by atoms with Crippen molar-refractivity contribution in [2.24, 2.45) is 0 Å². The van der Waals surface area contributed by atoms with Gasteiger partial charge in [0.05, 0.1) is 38.6 Å². The molecule has 0 spiro atoms. The van der Waals surface area contributed by atoms with Crippen molar-refractivity contribution < 1.29 is 45.9 Å². The summed E-state index contributed by atoms with van der Waals surface area (Å²) in [6.45, 7) is -1.16. The van der Waals surface area contributed by atoms with Gasteiger partial charge in [0.2, 0.25) is 5.91 Å². The number of hydrogen-bond acceptors (Lipinski definition) is 6. The van der Waals surface area contributed by atoms with E-state index in [0.29, 0.717) is 0 Å². The summed E-state index contributed by atoms with van der Waals surface area (Å²) in [7, 11) is 0. The average Bonchev–Trinajstić information content (AvgIpc) is 3.00. The summed E-state index contributed by atoms with van der Waals surface area (Å²) in [5.74, 6) is -3.91. The molecule has 0 saturated carbocycles. The fourth-order valence-electron chi connectivity index (χ4n) is 3.55. The molecule has 1 atom stereocenters. The number of rotatable bonds is 8. The number of carbonyl (C=O) groups is 3. The summed E-state index contributed by atoms with van der Waals surface area (Å²) in [5, 5.41) is 2.96. The molecule has 2 aliphatic rings. The van der Waals surface area contributed by atoms with Crippen LogP contribution in [0.3, 0.4) is 0 Å². The summed E-state index contributed by atoms with van der Waals surface area (Å²) in [5.41, 5.74) is -0.528. The molecule has 0 radical (unpaired) electrons. The van der Waals surface area contributed by atoms with Crippen molar-refractivity contribution in [3.63, 3.8) is 0 Å². The van der Waals surface area contributed by atoms with Crippen LogP contribution in [0.15, 0.2) is 12.1 Å². The quantitative estimate of drug-likeness (QED) is 0.556. The van der Waals surface area contributed by atoms with Crippen molar-refractivity contribution >= 4 is 29.3 Å². The molecule has 2 fully saturated rings. The number of nitrogens with one attached hydrogen (secondary N) is 1. The van der Waals surface area contributed by atoms with Gasteiger partial charge in [-0.15, -0.1) is 0 Å². The van der Waals surface area contributed by atoms with E-state index in [1.165, 1.54) is 4.90 Å². The maximum Gasteiger partial charge on any atom is 0.414 e. The van der Waals surface area contributed by atoms with Gasteiger partial charge < -0.3 is 15.0 Å². The fraction of sp³-hybridized carbons (Fsp3) is 0.550. The number of cyclic esters (lactones) is 1. The van der Waals surface area contributed by atoms with Gasteiger partial charge in [-0.3, -0.25) is 23.7 Å². The third kappa shape index (κ3) is 6.04. The second kappa shape index (κ2) is 11.3. The molecule has 3 amide bonds. The Morgan fingerprint density at radius 2 is 1.85 bits per heavy atom. The number of hydroxylamine groups is 2. The van der Waals surface area contributed by atoms with Crippen molar-refractivity contribution in [2.75, 3.05) is 55.8 Å². The van der Waals surface area contributed by atoms with Gasteiger partial charge in [0.25, 0.3) is 5.91 Å². The van der Waals surface area contributed by atoms with E-state index in [-0.39, 0.29) is 63.5 Å². The Hall–Kier alpha value is -3.16. The summed E-state index contributed by atoms with van der Waals surface area (Å²) in [4.78, 5) is 42.7. The number of ether oxygens (including phenoxy) is 1. The molecule has 1 N–H and O–H groups in total. The van der Waals surface area contributed by atoms with Gasteiger partial charge in [-0.2, -0.15) is 8.78 Å². The topological polar surface area (TPSA) is 91.4 Å². The van der Waals surface area contributed by atoms with Gasteiger partial charge in [0, 0.05) is 31.6 Å². The lowest BCUT2D eigenvalue weighted by Gasteiger charge is -2.24. The number of benzene rings is 1. The first-order valence-electron chi connectivity index (χ1n) is 10.5. The van der Waals surface area contributed by atoms with Gasteiger partial charge >= 0.3 is 12.5 Å².